The van der Waals surface area contributed by atoms with Gasteiger partial charge in [0.2, 0.25) is 11.8 Å². The van der Waals surface area contributed by atoms with Crippen LogP contribution in [0.4, 0.5) is 5.13 Å². The molecule has 1 saturated heterocycles. The van der Waals surface area contributed by atoms with Gasteiger partial charge in [0.05, 0.1) is 6.54 Å². The van der Waals surface area contributed by atoms with Crippen LogP contribution in [0.5, 0.6) is 0 Å². The largest absolute Gasteiger partial charge is 0.343 e. The van der Waals surface area contributed by atoms with Gasteiger partial charge in [0.25, 0.3) is 5.91 Å². The number of piperidine rings is 1. The predicted octanol–water partition coefficient (Wildman–Crippen LogP) is 2.06. The zero-order valence-corrected chi connectivity index (χ0v) is 15.9. The Hall–Kier alpha value is -2.74. The molecule has 1 aromatic carbocycles. The molecule has 2 heterocycles. The molecule has 0 atom stereocenters. The fourth-order valence-corrected chi connectivity index (χ4v) is 3.64. The third-order valence-electron chi connectivity index (χ3n) is 4.51. The summed E-state index contributed by atoms with van der Waals surface area (Å²) in [5.74, 6) is -0.573. The molecule has 2 aromatic rings. The van der Waals surface area contributed by atoms with Crippen molar-refractivity contribution >= 4 is 34.2 Å². The maximum absolute atomic E-state index is 12.3. The number of likely N-dealkylation sites (tertiary alicyclic amines) is 1. The molecular formula is C19H22N4O3S. The zero-order chi connectivity index (χ0) is 19.2. The standard InChI is InChI=1S/C19H22N4O3S/c1-13-11-21-19(27-13)22-18(26)15-7-9-23(10-8-15)16(24)12-20-17(25)14-5-3-2-4-6-14/h2-6,11,15H,7-10,12H2,1H3,(H,20,25)(H,21,22,26). The van der Waals surface area contributed by atoms with Crippen LogP contribution in [-0.2, 0) is 9.59 Å². The number of thiazole rings is 1. The molecule has 1 aliphatic heterocycles. The highest BCUT2D eigenvalue weighted by Crippen LogP contribution is 2.22. The van der Waals surface area contributed by atoms with Crippen molar-refractivity contribution in [3.8, 4) is 0 Å². The number of hydrogen-bond acceptors (Lipinski definition) is 5. The van der Waals surface area contributed by atoms with Crippen molar-refractivity contribution in [2.75, 3.05) is 25.0 Å². The molecular weight excluding hydrogens is 364 g/mol. The highest BCUT2D eigenvalue weighted by molar-refractivity contribution is 7.15. The van der Waals surface area contributed by atoms with Gasteiger partial charge in [0, 0.05) is 35.6 Å². The molecule has 142 valence electrons. The number of hydrogen-bond donors (Lipinski definition) is 2. The second-order valence-corrected chi connectivity index (χ2v) is 7.70. The molecule has 7 nitrogen and oxygen atoms in total. The third kappa shape index (κ3) is 5.13. The van der Waals surface area contributed by atoms with Crippen LogP contribution < -0.4 is 10.6 Å². The highest BCUT2D eigenvalue weighted by atomic mass is 32.1. The first-order valence-corrected chi connectivity index (χ1v) is 9.69. The summed E-state index contributed by atoms with van der Waals surface area (Å²) < 4.78 is 0. The number of rotatable bonds is 5. The van der Waals surface area contributed by atoms with Gasteiger partial charge in [-0.2, -0.15) is 0 Å². The van der Waals surface area contributed by atoms with Gasteiger partial charge in [-0.1, -0.05) is 18.2 Å². The Morgan fingerprint density at radius 1 is 1.19 bits per heavy atom. The van der Waals surface area contributed by atoms with Gasteiger partial charge in [-0.05, 0) is 31.9 Å². The molecule has 3 rings (SSSR count). The number of amides is 3. The molecule has 1 aromatic heterocycles. The maximum atomic E-state index is 12.3. The van der Waals surface area contributed by atoms with Crippen molar-refractivity contribution < 1.29 is 14.4 Å². The normalized spacial score (nSPS) is 14.6. The average molecular weight is 386 g/mol. The lowest BCUT2D eigenvalue weighted by Crippen LogP contribution is -2.45. The van der Waals surface area contributed by atoms with Crippen molar-refractivity contribution in [3.63, 3.8) is 0 Å². The lowest BCUT2D eigenvalue weighted by atomic mass is 9.96. The molecule has 0 aliphatic carbocycles. The fraction of sp³-hybridized carbons (Fsp3) is 0.368. The number of aromatic nitrogens is 1. The molecule has 8 heteroatoms. The molecule has 2 N–H and O–H groups in total. The molecule has 1 fully saturated rings. The van der Waals surface area contributed by atoms with Crippen LogP contribution in [0.3, 0.4) is 0 Å². The van der Waals surface area contributed by atoms with Crippen LogP contribution >= 0.6 is 11.3 Å². The van der Waals surface area contributed by atoms with Crippen molar-refractivity contribution in [1.29, 1.82) is 0 Å². The average Bonchev–Trinajstić information content (AvgIpc) is 3.11. The lowest BCUT2D eigenvalue weighted by Gasteiger charge is -2.31. The Morgan fingerprint density at radius 2 is 1.89 bits per heavy atom. The summed E-state index contributed by atoms with van der Waals surface area (Å²) in [5.41, 5.74) is 0.526. The van der Waals surface area contributed by atoms with E-state index in [1.165, 1.54) is 11.3 Å². The van der Waals surface area contributed by atoms with Gasteiger partial charge < -0.3 is 15.5 Å². The molecule has 0 spiro atoms. The molecule has 1 aliphatic rings. The summed E-state index contributed by atoms with van der Waals surface area (Å²) in [7, 11) is 0. The van der Waals surface area contributed by atoms with Crippen LogP contribution in [0.2, 0.25) is 0 Å². The maximum Gasteiger partial charge on any atom is 0.251 e. The van der Waals surface area contributed by atoms with Crippen LogP contribution in [0.1, 0.15) is 28.1 Å². The van der Waals surface area contributed by atoms with Gasteiger partial charge in [-0.3, -0.25) is 14.4 Å². The summed E-state index contributed by atoms with van der Waals surface area (Å²) >= 11 is 1.45. The van der Waals surface area contributed by atoms with E-state index in [9.17, 15) is 14.4 Å². The molecule has 0 unspecified atom stereocenters. The first kappa shape index (κ1) is 19.0. The Labute approximate surface area is 161 Å². The summed E-state index contributed by atoms with van der Waals surface area (Å²) in [6, 6.07) is 8.79. The van der Waals surface area contributed by atoms with E-state index in [2.05, 4.69) is 15.6 Å². The number of aryl methyl sites for hydroxylation is 1. The lowest BCUT2D eigenvalue weighted by molar-refractivity contribution is -0.133. The Balaban J connectivity index is 1.42. The molecule has 3 amide bonds. The van der Waals surface area contributed by atoms with Gasteiger partial charge in [0.15, 0.2) is 5.13 Å². The smallest absolute Gasteiger partial charge is 0.251 e. The molecule has 0 bridgehead atoms. The van der Waals surface area contributed by atoms with Gasteiger partial charge in [-0.15, -0.1) is 11.3 Å². The van der Waals surface area contributed by atoms with E-state index >= 15 is 0 Å². The summed E-state index contributed by atoms with van der Waals surface area (Å²) in [4.78, 5) is 43.5. The fourth-order valence-electron chi connectivity index (χ4n) is 2.97. The minimum absolute atomic E-state index is 0.0387. The van der Waals surface area contributed by atoms with Crippen LogP contribution in [0.15, 0.2) is 36.5 Å². The van der Waals surface area contributed by atoms with E-state index in [0.717, 1.165) is 4.88 Å². The number of nitrogens with one attached hydrogen (secondary N) is 2. The summed E-state index contributed by atoms with van der Waals surface area (Å²) in [6.45, 7) is 2.92. The van der Waals surface area contributed by atoms with Crippen molar-refractivity contribution in [2.24, 2.45) is 5.92 Å². The number of benzene rings is 1. The van der Waals surface area contributed by atoms with E-state index in [1.807, 2.05) is 13.0 Å². The van der Waals surface area contributed by atoms with E-state index in [0.29, 0.717) is 36.6 Å². The number of anilines is 1. The second kappa shape index (κ2) is 8.77. The van der Waals surface area contributed by atoms with Crippen LogP contribution in [-0.4, -0.2) is 47.2 Å². The van der Waals surface area contributed by atoms with Crippen LogP contribution in [0, 0.1) is 12.8 Å². The van der Waals surface area contributed by atoms with Crippen LogP contribution in [0.25, 0.3) is 0 Å². The van der Waals surface area contributed by atoms with Gasteiger partial charge in [-0.25, -0.2) is 4.98 Å². The number of carbonyl (C=O) groups is 3. The Kier molecular flexibility index (Phi) is 6.18. The first-order chi connectivity index (χ1) is 13.0. The molecule has 0 saturated carbocycles. The predicted molar refractivity (Wildman–Crippen MR) is 104 cm³/mol. The quantitative estimate of drug-likeness (QED) is 0.823. The SMILES string of the molecule is Cc1cnc(NC(=O)C2CCN(C(=O)CNC(=O)c3ccccc3)CC2)s1. The highest BCUT2D eigenvalue weighted by Gasteiger charge is 2.27. The molecule has 0 radical (unpaired) electrons. The summed E-state index contributed by atoms with van der Waals surface area (Å²) in [6.07, 6.45) is 2.94. The van der Waals surface area contributed by atoms with Crippen molar-refractivity contribution in [2.45, 2.75) is 19.8 Å². The second-order valence-electron chi connectivity index (χ2n) is 6.47. The Bertz CT molecular complexity index is 813. The van der Waals surface area contributed by atoms with E-state index in [4.69, 9.17) is 0 Å². The van der Waals surface area contributed by atoms with Gasteiger partial charge >= 0.3 is 0 Å². The minimum atomic E-state index is -0.267. The minimum Gasteiger partial charge on any atom is -0.343 e. The first-order valence-electron chi connectivity index (χ1n) is 8.87. The van der Waals surface area contributed by atoms with E-state index < -0.39 is 0 Å². The van der Waals surface area contributed by atoms with E-state index in [-0.39, 0.29) is 30.2 Å². The zero-order valence-electron chi connectivity index (χ0n) is 15.1. The Morgan fingerprint density at radius 3 is 2.52 bits per heavy atom. The monoisotopic (exact) mass is 386 g/mol. The number of nitrogens with zero attached hydrogens (tertiary/aromatic N) is 2. The summed E-state index contributed by atoms with van der Waals surface area (Å²) in [5, 5.41) is 6.10. The van der Waals surface area contributed by atoms with Gasteiger partial charge in [0.1, 0.15) is 0 Å². The molecule has 27 heavy (non-hydrogen) atoms. The third-order valence-corrected chi connectivity index (χ3v) is 5.33. The van der Waals surface area contributed by atoms with Crippen molar-refractivity contribution in [1.82, 2.24) is 15.2 Å². The number of carbonyl (C=O) groups excluding carboxylic acids is 3. The van der Waals surface area contributed by atoms with Crippen molar-refractivity contribution in [3.05, 3.63) is 47.0 Å². The topological polar surface area (TPSA) is 91.4 Å². The van der Waals surface area contributed by atoms with E-state index in [1.54, 1.807) is 35.4 Å².